The van der Waals surface area contributed by atoms with Crippen LogP contribution in [-0.4, -0.2) is 44.4 Å². The third-order valence-corrected chi connectivity index (χ3v) is 3.95. The van der Waals surface area contributed by atoms with Crippen LogP contribution in [0.25, 0.3) is 0 Å². The van der Waals surface area contributed by atoms with Crippen LogP contribution in [0.4, 0.5) is 8.78 Å². The van der Waals surface area contributed by atoms with Crippen molar-refractivity contribution >= 4 is 24.0 Å². The van der Waals surface area contributed by atoms with E-state index in [1.807, 2.05) is 0 Å². The molecular weight excluding hydrogens is 333 g/mol. The van der Waals surface area contributed by atoms with Gasteiger partial charge in [0.1, 0.15) is 0 Å². The molecular formula is C15H22Cl2F2N2O. The lowest BCUT2D eigenvalue weighted by molar-refractivity contribution is 0.157. The highest BCUT2D eigenvalue weighted by Gasteiger charge is 2.24. The van der Waals surface area contributed by atoms with Gasteiger partial charge in [-0.3, -0.25) is 9.29 Å². The summed E-state index contributed by atoms with van der Waals surface area (Å²) in [5, 5.41) is 3.50. The van der Waals surface area contributed by atoms with E-state index in [1.165, 1.54) is 6.07 Å². The first-order chi connectivity index (χ1) is 10.2. The molecule has 3 nitrogen and oxygen atoms in total. The molecule has 1 heterocycles. The number of nitrogens with zero attached hydrogens (tertiary/aromatic N) is 1. The van der Waals surface area contributed by atoms with Gasteiger partial charge in [-0.25, -0.2) is 4.39 Å². The second-order valence-corrected chi connectivity index (χ2v) is 5.43. The monoisotopic (exact) mass is 354 g/mol. The molecule has 22 heavy (non-hydrogen) atoms. The van der Waals surface area contributed by atoms with E-state index < -0.39 is 12.5 Å². The zero-order valence-corrected chi connectivity index (χ0v) is 14.2. The van der Waals surface area contributed by atoms with Gasteiger partial charge in [-0.2, -0.15) is 0 Å². The SMILES string of the molecule is CCOc1c(F)cc([C@@H](CCF)N2CCNCC2)cc1Cl.Cl. The highest BCUT2D eigenvalue weighted by atomic mass is 35.5. The number of ether oxygens (including phenoxy) is 1. The Balaban J connectivity index is 0.00000242. The number of hydrogen-bond acceptors (Lipinski definition) is 3. The molecule has 0 bridgehead atoms. The molecule has 1 fully saturated rings. The number of nitrogens with one attached hydrogen (secondary N) is 1. The van der Waals surface area contributed by atoms with E-state index in [2.05, 4.69) is 10.2 Å². The van der Waals surface area contributed by atoms with Crippen molar-refractivity contribution in [1.29, 1.82) is 0 Å². The van der Waals surface area contributed by atoms with Crippen molar-refractivity contribution in [2.75, 3.05) is 39.5 Å². The summed E-state index contributed by atoms with van der Waals surface area (Å²) in [6.45, 7) is 5.03. The highest BCUT2D eigenvalue weighted by Crippen LogP contribution is 2.34. The maximum Gasteiger partial charge on any atom is 0.173 e. The second kappa shape index (κ2) is 9.50. The maximum atomic E-state index is 14.1. The fraction of sp³-hybridized carbons (Fsp3) is 0.600. The standard InChI is InChI=1S/C15H21ClF2N2O.ClH/c1-2-21-15-12(16)9-11(10-13(15)18)14(3-4-17)20-7-5-19-6-8-20;/h9-10,14,19H,2-8H2,1H3;1H/t14-;/m1./s1. The Labute approximate surface area is 141 Å². The molecule has 1 saturated heterocycles. The molecule has 0 saturated carbocycles. The van der Waals surface area contributed by atoms with E-state index in [0.717, 1.165) is 26.2 Å². The zero-order valence-electron chi connectivity index (χ0n) is 12.6. The van der Waals surface area contributed by atoms with Crippen LogP contribution in [0.15, 0.2) is 12.1 Å². The Morgan fingerprint density at radius 3 is 2.59 bits per heavy atom. The van der Waals surface area contributed by atoms with E-state index >= 15 is 0 Å². The molecule has 1 N–H and O–H groups in total. The Morgan fingerprint density at radius 2 is 2.05 bits per heavy atom. The Bertz CT molecular complexity index is 448. The summed E-state index contributed by atoms with van der Waals surface area (Å²) >= 11 is 6.11. The maximum absolute atomic E-state index is 14.1. The average molecular weight is 355 g/mol. The fourth-order valence-corrected chi connectivity index (χ4v) is 2.98. The van der Waals surface area contributed by atoms with Gasteiger partial charge in [-0.1, -0.05) is 11.6 Å². The number of hydrogen-bond donors (Lipinski definition) is 1. The minimum Gasteiger partial charge on any atom is -0.489 e. The third-order valence-electron chi connectivity index (χ3n) is 3.67. The van der Waals surface area contributed by atoms with Crippen LogP contribution in [0.1, 0.15) is 24.9 Å². The van der Waals surface area contributed by atoms with Crippen LogP contribution in [0.5, 0.6) is 5.75 Å². The van der Waals surface area contributed by atoms with E-state index in [9.17, 15) is 8.78 Å². The van der Waals surface area contributed by atoms with Gasteiger partial charge in [0.15, 0.2) is 11.6 Å². The van der Waals surface area contributed by atoms with Crippen LogP contribution in [-0.2, 0) is 0 Å². The molecule has 0 aliphatic carbocycles. The van der Waals surface area contributed by atoms with Gasteiger partial charge < -0.3 is 10.1 Å². The smallest absolute Gasteiger partial charge is 0.173 e. The molecule has 1 aliphatic heterocycles. The molecule has 1 aromatic rings. The molecule has 0 spiro atoms. The largest absolute Gasteiger partial charge is 0.489 e. The lowest BCUT2D eigenvalue weighted by atomic mass is 10.0. The van der Waals surface area contributed by atoms with Crippen molar-refractivity contribution in [3.8, 4) is 5.75 Å². The van der Waals surface area contributed by atoms with Gasteiger partial charge in [-0.15, -0.1) is 12.4 Å². The summed E-state index contributed by atoms with van der Waals surface area (Å²) in [6.07, 6.45) is 0.337. The van der Waals surface area contributed by atoms with Gasteiger partial charge in [0.05, 0.1) is 18.3 Å². The van der Waals surface area contributed by atoms with E-state index in [4.69, 9.17) is 16.3 Å². The minimum atomic E-state index is -0.488. The predicted octanol–water partition coefficient (Wildman–Crippen LogP) is 3.61. The molecule has 0 radical (unpaired) electrons. The summed E-state index contributed by atoms with van der Waals surface area (Å²) in [6, 6.07) is 2.96. The number of piperazine rings is 1. The molecule has 7 heteroatoms. The first-order valence-electron chi connectivity index (χ1n) is 7.29. The van der Waals surface area contributed by atoms with E-state index in [0.29, 0.717) is 18.6 Å². The van der Waals surface area contributed by atoms with E-state index in [-0.39, 0.29) is 29.2 Å². The summed E-state index contributed by atoms with van der Waals surface area (Å²) in [4.78, 5) is 2.17. The third kappa shape index (κ3) is 4.69. The summed E-state index contributed by atoms with van der Waals surface area (Å²) in [7, 11) is 0. The fourth-order valence-electron chi connectivity index (χ4n) is 2.71. The van der Waals surface area contributed by atoms with Crippen LogP contribution in [0.2, 0.25) is 5.02 Å². The predicted molar refractivity (Wildman–Crippen MR) is 87.6 cm³/mol. The molecule has 2 rings (SSSR count). The Kier molecular flexibility index (Phi) is 8.39. The van der Waals surface area contributed by atoms with E-state index in [1.54, 1.807) is 13.0 Å². The first kappa shape index (κ1) is 19.4. The number of halogens is 4. The molecule has 0 aromatic heterocycles. The molecule has 126 valence electrons. The second-order valence-electron chi connectivity index (χ2n) is 5.03. The number of alkyl halides is 1. The van der Waals surface area contributed by atoms with Crippen LogP contribution in [0, 0.1) is 5.82 Å². The van der Waals surface area contributed by atoms with Gasteiger partial charge in [0.2, 0.25) is 0 Å². The summed E-state index contributed by atoms with van der Waals surface area (Å²) in [5.41, 5.74) is 0.709. The minimum absolute atomic E-state index is 0. The van der Waals surface area contributed by atoms with Crippen molar-refractivity contribution in [2.45, 2.75) is 19.4 Å². The lowest BCUT2D eigenvalue weighted by Gasteiger charge is -2.35. The van der Waals surface area contributed by atoms with Crippen molar-refractivity contribution in [1.82, 2.24) is 10.2 Å². The average Bonchev–Trinajstić information content (AvgIpc) is 2.49. The normalized spacial score (nSPS) is 16.9. The van der Waals surface area contributed by atoms with Crippen LogP contribution >= 0.6 is 24.0 Å². The highest BCUT2D eigenvalue weighted by molar-refractivity contribution is 6.32. The molecule has 1 atom stereocenters. The van der Waals surface area contributed by atoms with Crippen molar-refractivity contribution in [3.63, 3.8) is 0 Å². The number of benzene rings is 1. The quantitative estimate of drug-likeness (QED) is 0.844. The number of rotatable bonds is 6. The lowest BCUT2D eigenvalue weighted by Crippen LogP contribution is -2.45. The van der Waals surface area contributed by atoms with Crippen LogP contribution < -0.4 is 10.1 Å². The molecule has 1 aromatic carbocycles. The van der Waals surface area contributed by atoms with Crippen molar-refractivity contribution in [2.24, 2.45) is 0 Å². The molecule has 0 unspecified atom stereocenters. The van der Waals surface area contributed by atoms with Gasteiger partial charge in [-0.05, 0) is 31.0 Å². The summed E-state index contributed by atoms with van der Waals surface area (Å²) in [5.74, 6) is -0.416. The van der Waals surface area contributed by atoms with Gasteiger partial charge >= 0.3 is 0 Å². The van der Waals surface area contributed by atoms with Gasteiger partial charge in [0, 0.05) is 32.2 Å². The Hall–Kier alpha value is -0.620. The summed E-state index contributed by atoms with van der Waals surface area (Å²) < 4.78 is 32.2. The van der Waals surface area contributed by atoms with Crippen molar-refractivity contribution in [3.05, 3.63) is 28.5 Å². The topological polar surface area (TPSA) is 24.5 Å². The molecule has 0 amide bonds. The van der Waals surface area contributed by atoms with Gasteiger partial charge in [0.25, 0.3) is 0 Å². The molecule has 1 aliphatic rings. The first-order valence-corrected chi connectivity index (χ1v) is 7.67. The zero-order chi connectivity index (χ0) is 15.2. The van der Waals surface area contributed by atoms with Crippen molar-refractivity contribution < 1.29 is 13.5 Å². The Morgan fingerprint density at radius 1 is 1.36 bits per heavy atom. The van der Waals surface area contributed by atoms with Crippen LogP contribution in [0.3, 0.4) is 0 Å².